The van der Waals surface area contributed by atoms with Gasteiger partial charge in [-0.25, -0.2) is 0 Å². The largest absolute Gasteiger partial charge is 0.550 e. The molecule has 0 fully saturated rings. The maximum absolute atomic E-state index is 9.80. The first-order chi connectivity index (χ1) is 4.70. The van der Waals surface area contributed by atoms with Gasteiger partial charge in [-0.2, -0.15) is 9.90 Å². The van der Waals surface area contributed by atoms with E-state index in [1.54, 1.807) is 0 Å². The first kappa shape index (κ1) is 9.27. The summed E-state index contributed by atoms with van der Waals surface area (Å²) in [5, 5.41) is 9.80. The molecule has 0 unspecified atom stereocenters. The van der Waals surface area contributed by atoms with Crippen LogP contribution in [0, 0.1) is 5.92 Å². The number of ether oxygens (including phenoxy) is 1. The van der Waals surface area contributed by atoms with E-state index in [1.165, 1.54) is 0 Å². The Bertz CT molecular complexity index is 97.0. The molecule has 1 radical (unpaired) electrons. The zero-order valence-corrected chi connectivity index (χ0v) is 6.42. The molecule has 0 atom stereocenters. The van der Waals surface area contributed by atoms with Gasteiger partial charge in [0.2, 0.25) is 0 Å². The third-order valence-electron chi connectivity index (χ3n) is 1.59. The van der Waals surface area contributed by atoms with E-state index in [0.29, 0.717) is 5.92 Å². The van der Waals surface area contributed by atoms with Crippen LogP contribution >= 0.6 is 0 Å². The second-order valence-electron chi connectivity index (χ2n) is 2.24. The summed E-state index contributed by atoms with van der Waals surface area (Å²) in [6, 6.07) is 0. The lowest BCUT2D eigenvalue weighted by Gasteiger charge is -2.08. The minimum atomic E-state index is -1.42. The molecular weight excluding hydrogens is 132 g/mol. The molecule has 0 saturated carbocycles. The van der Waals surface area contributed by atoms with Crippen LogP contribution in [0.4, 0.5) is 4.79 Å². The average Bonchev–Trinajstić information content (AvgIpc) is 1.90. The van der Waals surface area contributed by atoms with E-state index in [-0.39, 0.29) is 6.61 Å². The molecule has 0 aromatic rings. The monoisotopic (exact) mass is 145 g/mol. The van der Waals surface area contributed by atoms with Gasteiger partial charge in [0, 0.05) is 0 Å². The van der Waals surface area contributed by atoms with E-state index in [4.69, 9.17) is 0 Å². The van der Waals surface area contributed by atoms with Crippen molar-refractivity contribution in [2.45, 2.75) is 26.7 Å². The van der Waals surface area contributed by atoms with Crippen molar-refractivity contribution in [3.8, 4) is 0 Å². The standard InChI is InChI=1S/C7H13O3/c1-3-6(4-2)5-10-7(8)9/h6H,3-5H2,1-2H3. The van der Waals surface area contributed by atoms with Crippen molar-refractivity contribution in [3.05, 3.63) is 0 Å². The van der Waals surface area contributed by atoms with E-state index in [9.17, 15) is 9.90 Å². The smallest absolute Gasteiger partial charge is 0.431 e. The molecule has 0 rings (SSSR count). The van der Waals surface area contributed by atoms with E-state index < -0.39 is 6.16 Å². The van der Waals surface area contributed by atoms with Crippen molar-refractivity contribution in [2.24, 2.45) is 5.92 Å². The first-order valence-corrected chi connectivity index (χ1v) is 3.54. The Morgan fingerprint density at radius 1 is 1.40 bits per heavy atom. The van der Waals surface area contributed by atoms with Gasteiger partial charge in [-0.1, -0.05) is 26.7 Å². The summed E-state index contributed by atoms with van der Waals surface area (Å²) in [6.45, 7) is 4.29. The summed E-state index contributed by atoms with van der Waals surface area (Å²) < 4.78 is 4.29. The minimum absolute atomic E-state index is 0.273. The summed E-state index contributed by atoms with van der Waals surface area (Å²) in [5.74, 6) is 0.345. The zero-order chi connectivity index (χ0) is 7.98. The molecule has 0 N–H and O–H groups in total. The van der Waals surface area contributed by atoms with Gasteiger partial charge in [0.1, 0.15) is 0 Å². The summed E-state index contributed by atoms with van der Waals surface area (Å²) in [4.78, 5) is 9.80. The first-order valence-electron chi connectivity index (χ1n) is 3.54. The topological polar surface area (TPSA) is 46.2 Å². The molecule has 3 heteroatoms. The number of carbonyl (C=O) groups is 1. The van der Waals surface area contributed by atoms with E-state index >= 15 is 0 Å². The SMILES string of the molecule is CCC(CC)COC([O])=O. The fourth-order valence-corrected chi connectivity index (χ4v) is 0.710. The zero-order valence-electron chi connectivity index (χ0n) is 6.42. The van der Waals surface area contributed by atoms with Gasteiger partial charge < -0.3 is 4.74 Å². The molecule has 59 valence electrons. The van der Waals surface area contributed by atoms with E-state index in [0.717, 1.165) is 12.8 Å². The van der Waals surface area contributed by atoms with Crippen LogP contribution in [-0.2, 0) is 9.84 Å². The van der Waals surface area contributed by atoms with Crippen LogP contribution in [0.25, 0.3) is 0 Å². The van der Waals surface area contributed by atoms with Crippen molar-refractivity contribution in [1.29, 1.82) is 0 Å². The Morgan fingerprint density at radius 3 is 2.20 bits per heavy atom. The normalized spacial score (nSPS) is 9.90. The molecule has 0 aliphatic carbocycles. The van der Waals surface area contributed by atoms with Crippen LogP contribution in [-0.4, -0.2) is 12.8 Å². The van der Waals surface area contributed by atoms with Gasteiger partial charge in [0.25, 0.3) is 0 Å². The molecule has 0 aromatic carbocycles. The van der Waals surface area contributed by atoms with Crippen LogP contribution in [0.3, 0.4) is 0 Å². The van der Waals surface area contributed by atoms with Gasteiger partial charge in [0.05, 0.1) is 6.61 Å². The van der Waals surface area contributed by atoms with Crippen LogP contribution in [0.5, 0.6) is 0 Å². The lowest BCUT2D eigenvalue weighted by molar-refractivity contribution is 0.0541. The second kappa shape index (κ2) is 5.09. The summed E-state index contributed by atoms with van der Waals surface area (Å²) in [5.41, 5.74) is 0. The highest BCUT2D eigenvalue weighted by Crippen LogP contribution is 2.07. The average molecular weight is 145 g/mol. The van der Waals surface area contributed by atoms with Crippen molar-refractivity contribution in [1.82, 2.24) is 0 Å². The molecule has 0 aliphatic heterocycles. The Kier molecular flexibility index (Phi) is 4.72. The number of hydrogen-bond donors (Lipinski definition) is 0. The Balaban J connectivity index is 3.34. The van der Waals surface area contributed by atoms with Gasteiger partial charge in [-0.3, -0.25) is 0 Å². The summed E-state index contributed by atoms with van der Waals surface area (Å²) in [7, 11) is 0. The summed E-state index contributed by atoms with van der Waals surface area (Å²) in [6.07, 6.45) is 0.472. The lowest BCUT2D eigenvalue weighted by Crippen LogP contribution is -2.10. The molecule has 0 aliphatic rings. The van der Waals surface area contributed by atoms with Gasteiger partial charge in [-0.05, 0) is 5.92 Å². The van der Waals surface area contributed by atoms with Crippen molar-refractivity contribution < 1.29 is 14.6 Å². The fourth-order valence-electron chi connectivity index (χ4n) is 0.710. The minimum Gasteiger partial charge on any atom is -0.431 e. The molecule has 0 heterocycles. The van der Waals surface area contributed by atoms with Crippen molar-refractivity contribution in [2.75, 3.05) is 6.61 Å². The highest BCUT2D eigenvalue weighted by molar-refractivity contribution is 5.56. The van der Waals surface area contributed by atoms with Crippen molar-refractivity contribution in [3.63, 3.8) is 0 Å². The predicted molar refractivity (Wildman–Crippen MR) is 36.1 cm³/mol. The number of carbonyl (C=O) groups excluding carboxylic acids is 1. The Morgan fingerprint density at radius 2 is 1.90 bits per heavy atom. The molecule has 0 saturated heterocycles. The third kappa shape index (κ3) is 4.18. The molecular formula is C7H13O3. The maximum atomic E-state index is 9.80. The number of rotatable bonds is 4. The van der Waals surface area contributed by atoms with Crippen LogP contribution < -0.4 is 0 Å². The van der Waals surface area contributed by atoms with E-state index in [2.05, 4.69) is 4.74 Å². The molecule has 0 amide bonds. The Hall–Kier alpha value is -0.730. The molecule has 0 spiro atoms. The summed E-state index contributed by atoms with van der Waals surface area (Å²) >= 11 is 0. The molecule has 10 heavy (non-hydrogen) atoms. The molecule has 0 aromatic heterocycles. The fraction of sp³-hybridized carbons (Fsp3) is 0.857. The highest BCUT2D eigenvalue weighted by Gasteiger charge is 2.06. The molecule has 0 bridgehead atoms. The van der Waals surface area contributed by atoms with Crippen molar-refractivity contribution >= 4 is 6.16 Å². The second-order valence-corrected chi connectivity index (χ2v) is 2.24. The quantitative estimate of drug-likeness (QED) is 0.568. The predicted octanol–water partition coefficient (Wildman–Crippen LogP) is 1.99. The van der Waals surface area contributed by atoms with E-state index in [1.807, 2.05) is 13.8 Å². The van der Waals surface area contributed by atoms with Crippen LogP contribution in [0.1, 0.15) is 26.7 Å². The van der Waals surface area contributed by atoms with Gasteiger partial charge >= 0.3 is 6.16 Å². The highest BCUT2D eigenvalue weighted by atomic mass is 16.7. The van der Waals surface area contributed by atoms with Gasteiger partial charge in [0.15, 0.2) is 0 Å². The third-order valence-corrected chi connectivity index (χ3v) is 1.59. The van der Waals surface area contributed by atoms with Crippen LogP contribution in [0.2, 0.25) is 0 Å². The number of hydrogen-bond acceptors (Lipinski definition) is 2. The van der Waals surface area contributed by atoms with Crippen LogP contribution in [0.15, 0.2) is 0 Å². The maximum Gasteiger partial charge on any atom is 0.550 e. The Labute approximate surface area is 61.0 Å². The molecule has 3 nitrogen and oxygen atoms in total. The lowest BCUT2D eigenvalue weighted by atomic mass is 10.1. The van der Waals surface area contributed by atoms with Gasteiger partial charge in [-0.15, -0.1) is 0 Å².